The van der Waals surface area contributed by atoms with Gasteiger partial charge in [-0.25, -0.2) is 0 Å². The van der Waals surface area contributed by atoms with E-state index in [1.165, 1.54) is 10.9 Å². The summed E-state index contributed by atoms with van der Waals surface area (Å²) in [4.78, 5) is 21.3. The molecule has 3 fully saturated rings. The lowest BCUT2D eigenvalue weighted by molar-refractivity contribution is -0.104. The number of fused-ring (bicyclic) bond motifs is 1. The minimum Gasteiger partial charge on any atom is -0.293 e. The average molecular weight is 300 g/mol. The molecule has 112 valence electrons. The Kier molecular flexibility index (Phi) is 2.39. The Morgan fingerprint density at radius 1 is 0.957 bits per heavy atom. The number of benzene rings is 1. The highest BCUT2D eigenvalue weighted by Crippen LogP contribution is 2.74. The van der Waals surface area contributed by atoms with Gasteiger partial charge in [-0.05, 0) is 54.5 Å². The van der Waals surface area contributed by atoms with Crippen molar-refractivity contribution in [2.24, 2.45) is 5.41 Å². The summed E-state index contributed by atoms with van der Waals surface area (Å²) >= 11 is 0. The van der Waals surface area contributed by atoms with Crippen molar-refractivity contribution in [3.05, 3.63) is 72.2 Å². The second-order valence-electron chi connectivity index (χ2n) is 7.04. The number of hydrogen-bond acceptors (Lipinski definition) is 3. The normalized spacial score (nSPS) is 28.0. The Balaban J connectivity index is 1.48. The molecule has 3 aliphatic carbocycles. The molecule has 1 aromatic carbocycles. The molecule has 2 heterocycles. The van der Waals surface area contributed by atoms with Crippen molar-refractivity contribution in [2.45, 2.75) is 24.7 Å². The summed E-state index contributed by atoms with van der Waals surface area (Å²) in [5.41, 5.74) is 3.19. The van der Waals surface area contributed by atoms with Gasteiger partial charge in [-0.15, -0.1) is 0 Å². The van der Waals surface area contributed by atoms with Crippen LogP contribution in [0.1, 0.15) is 35.2 Å². The van der Waals surface area contributed by atoms with E-state index in [1.807, 2.05) is 24.4 Å². The third kappa shape index (κ3) is 1.62. The zero-order valence-corrected chi connectivity index (χ0v) is 12.7. The van der Waals surface area contributed by atoms with Crippen LogP contribution in [-0.4, -0.2) is 15.8 Å². The van der Waals surface area contributed by atoms with Crippen molar-refractivity contribution >= 4 is 16.7 Å². The predicted octanol–water partition coefficient (Wildman–Crippen LogP) is 3.93. The maximum absolute atomic E-state index is 12.8. The molecule has 3 aromatic rings. The number of aromatic nitrogens is 2. The summed E-state index contributed by atoms with van der Waals surface area (Å²) in [5, 5.41) is 1.23. The molecule has 0 amide bonds. The fourth-order valence-corrected chi connectivity index (χ4v) is 4.68. The molecule has 0 N–H and O–H groups in total. The van der Waals surface area contributed by atoms with Crippen LogP contribution >= 0.6 is 0 Å². The molecule has 6 rings (SSSR count). The molecule has 0 radical (unpaired) electrons. The monoisotopic (exact) mass is 300 g/mol. The quantitative estimate of drug-likeness (QED) is 0.688. The summed E-state index contributed by atoms with van der Waals surface area (Å²) in [6.07, 6.45) is 8.18. The van der Waals surface area contributed by atoms with E-state index in [9.17, 15) is 4.79 Å². The number of rotatable bonds is 3. The van der Waals surface area contributed by atoms with Gasteiger partial charge in [0.15, 0.2) is 5.78 Å². The second-order valence-corrected chi connectivity index (χ2v) is 7.04. The number of carbonyl (C=O) groups is 1. The second kappa shape index (κ2) is 4.25. The van der Waals surface area contributed by atoms with Gasteiger partial charge in [0.1, 0.15) is 0 Å². The molecule has 0 unspecified atom stereocenters. The number of para-hydroxylation sites is 1. The molecule has 0 spiro atoms. The highest BCUT2D eigenvalue weighted by molar-refractivity contribution is 6.03. The molecule has 0 aliphatic heterocycles. The molecular formula is C20H16N2O. The van der Waals surface area contributed by atoms with Gasteiger partial charge in [0, 0.05) is 35.0 Å². The van der Waals surface area contributed by atoms with Crippen LogP contribution in [0.5, 0.6) is 0 Å². The first-order valence-corrected chi connectivity index (χ1v) is 8.02. The Labute approximate surface area is 134 Å². The van der Waals surface area contributed by atoms with E-state index >= 15 is 0 Å². The van der Waals surface area contributed by atoms with E-state index in [1.54, 1.807) is 12.4 Å². The minimum absolute atomic E-state index is 0.145. The third-order valence-electron chi connectivity index (χ3n) is 5.66. The molecule has 0 atom stereocenters. The van der Waals surface area contributed by atoms with E-state index in [0.717, 1.165) is 30.3 Å². The lowest BCUT2D eigenvalue weighted by Crippen LogP contribution is -2.67. The minimum atomic E-state index is -0.145. The van der Waals surface area contributed by atoms with Gasteiger partial charge in [-0.3, -0.25) is 14.8 Å². The van der Waals surface area contributed by atoms with Crippen molar-refractivity contribution in [3.8, 4) is 0 Å². The third-order valence-corrected chi connectivity index (χ3v) is 5.66. The van der Waals surface area contributed by atoms with Gasteiger partial charge in [-0.1, -0.05) is 18.2 Å². The van der Waals surface area contributed by atoms with Crippen LogP contribution < -0.4 is 0 Å². The van der Waals surface area contributed by atoms with Gasteiger partial charge < -0.3 is 0 Å². The van der Waals surface area contributed by atoms with E-state index in [-0.39, 0.29) is 16.6 Å². The van der Waals surface area contributed by atoms with Gasteiger partial charge in [0.2, 0.25) is 0 Å². The summed E-state index contributed by atoms with van der Waals surface area (Å²) < 4.78 is 0. The summed E-state index contributed by atoms with van der Waals surface area (Å²) in [6.45, 7) is 0. The van der Waals surface area contributed by atoms with Crippen molar-refractivity contribution < 1.29 is 4.79 Å². The number of hydrogen-bond donors (Lipinski definition) is 0. The van der Waals surface area contributed by atoms with Crippen molar-refractivity contribution in [1.29, 1.82) is 0 Å². The molecule has 3 aliphatic rings. The number of nitrogens with zero attached hydrogens (tertiary/aromatic N) is 2. The van der Waals surface area contributed by atoms with Crippen LogP contribution in [0.15, 0.2) is 61.1 Å². The fraction of sp³-hybridized carbons (Fsp3) is 0.250. The van der Waals surface area contributed by atoms with E-state index in [2.05, 4.69) is 34.2 Å². The van der Waals surface area contributed by atoms with Crippen LogP contribution in [-0.2, 0) is 5.41 Å². The van der Waals surface area contributed by atoms with Crippen LogP contribution in [0, 0.1) is 5.41 Å². The number of Topliss-reactive ketones (excluding diaryl/α,β-unsaturated/α-hetero) is 1. The molecule has 2 bridgehead atoms. The highest BCUT2D eigenvalue weighted by Gasteiger charge is 2.71. The Morgan fingerprint density at radius 3 is 2.57 bits per heavy atom. The van der Waals surface area contributed by atoms with Crippen LogP contribution in [0.25, 0.3) is 10.9 Å². The maximum atomic E-state index is 12.8. The fourth-order valence-electron chi connectivity index (χ4n) is 4.68. The smallest absolute Gasteiger partial charge is 0.170 e. The Bertz CT molecular complexity index is 908. The molecule has 3 heteroatoms. The molecule has 2 aromatic heterocycles. The molecule has 0 saturated heterocycles. The zero-order chi connectivity index (χ0) is 15.5. The van der Waals surface area contributed by atoms with Gasteiger partial charge >= 0.3 is 0 Å². The van der Waals surface area contributed by atoms with Crippen LogP contribution in [0.4, 0.5) is 0 Å². The predicted molar refractivity (Wildman–Crippen MR) is 88.3 cm³/mol. The summed E-state index contributed by atoms with van der Waals surface area (Å²) in [6, 6.07) is 14.1. The standard InChI is InChI=1S/C20H16N2O/c23-18(14-4-3-8-21-10-14)20-11-19(12-20,13-20)16-7-9-22-17-6-2-1-5-15(16)17/h1-10H,11-13H2. The molecule has 23 heavy (non-hydrogen) atoms. The first kappa shape index (κ1) is 12.9. The molecular weight excluding hydrogens is 284 g/mol. The van der Waals surface area contributed by atoms with E-state index in [4.69, 9.17) is 0 Å². The van der Waals surface area contributed by atoms with Crippen molar-refractivity contribution in [1.82, 2.24) is 9.97 Å². The van der Waals surface area contributed by atoms with Crippen LogP contribution in [0.3, 0.4) is 0 Å². The van der Waals surface area contributed by atoms with Gasteiger partial charge in [0.25, 0.3) is 0 Å². The average Bonchev–Trinajstić information content (AvgIpc) is 2.53. The lowest BCUT2D eigenvalue weighted by Gasteiger charge is -2.70. The van der Waals surface area contributed by atoms with Gasteiger partial charge in [0.05, 0.1) is 5.52 Å². The zero-order valence-electron chi connectivity index (χ0n) is 12.7. The lowest BCUT2D eigenvalue weighted by atomic mass is 9.32. The number of pyridine rings is 2. The number of ketones is 1. The largest absolute Gasteiger partial charge is 0.293 e. The molecule has 3 saturated carbocycles. The van der Waals surface area contributed by atoms with Crippen LogP contribution in [0.2, 0.25) is 0 Å². The summed E-state index contributed by atoms with van der Waals surface area (Å²) in [5.74, 6) is 0.269. The van der Waals surface area contributed by atoms with E-state index < -0.39 is 0 Å². The first-order chi connectivity index (χ1) is 11.2. The first-order valence-electron chi connectivity index (χ1n) is 8.02. The highest BCUT2D eigenvalue weighted by atomic mass is 16.1. The van der Waals surface area contributed by atoms with Crippen molar-refractivity contribution in [2.75, 3.05) is 0 Å². The van der Waals surface area contributed by atoms with E-state index in [0.29, 0.717) is 0 Å². The summed E-state index contributed by atoms with van der Waals surface area (Å²) in [7, 11) is 0. The topological polar surface area (TPSA) is 42.9 Å². The van der Waals surface area contributed by atoms with Gasteiger partial charge in [-0.2, -0.15) is 0 Å². The molecule has 3 nitrogen and oxygen atoms in total. The Hall–Kier alpha value is -2.55. The Morgan fingerprint density at radius 2 is 1.78 bits per heavy atom. The number of carbonyl (C=O) groups excluding carboxylic acids is 1. The SMILES string of the molecule is O=C(c1cccnc1)C12CC(c3ccnc4ccccc34)(C1)C2. The maximum Gasteiger partial charge on any atom is 0.170 e. The van der Waals surface area contributed by atoms with Crippen molar-refractivity contribution in [3.63, 3.8) is 0 Å².